The van der Waals surface area contributed by atoms with E-state index >= 15 is 0 Å². The maximum Gasteiger partial charge on any atom is 0.271 e. The third-order valence-electron chi connectivity index (χ3n) is 6.28. The molecule has 7 heteroatoms. The van der Waals surface area contributed by atoms with Crippen molar-refractivity contribution in [1.29, 1.82) is 0 Å². The first kappa shape index (κ1) is 24.5. The van der Waals surface area contributed by atoms with Crippen LogP contribution in [0.1, 0.15) is 5.56 Å². The second-order valence-corrected chi connectivity index (χ2v) is 9.97. The Morgan fingerprint density at radius 2 is 1.46 bits per heavy atom. The Labute approximate surface area is 230 Å². The number of thioether (sulfide) groups is 1. The molecule has 5 aromatic rings. The molecule has 0 saturated carbocycles. The number of rotatable bonds is 6. The van der Waals surface area contributed by atoms with Crippen LogP contribution < -0.4 is 10.2 Å². The molecule has 1 fully saturated rings. The first-order valence-electron chi connectivity index (χ1n) is 12.5. The highest BCUT2D eigenvalue weighted by Crippen LogP contribution is 2.38. The van der Waals surface area contributed by atoms with Crippen molar-refractivity contribution in [1.82, 2.24) is 4.57 Å². The highest BCUT2D eigenvalue weighted by atomic mass is 32.2. The van der Waals surface area contributed by atoms with Crippen molar-refractivity contribution in [2.24, 2.45) is 4.99 Å². The van der Waals surface area contributed by atoms with Crippen LogP contribution in [0, 0.1) is 0 Å². The van der Waals surface area contributed by atoms with Crippen molar-refractivity contribution in [3.8, 4) is 0 Å². The van der Waals surface area contributed by atoms with E-state index in [-0.39, 0.29) is 18.4 Å². The number of hydrogen-bond donors (Lipinski definition) is 1. The van der Waals surface area contributed by atoms with Gasteiger partial charge in [0.2, 0.25) is 5.91 Å². The number of anilines is 2. The molecule has 4 aromatic carbocycles. The molecule has 0 unspecified atom stereocenters. The summed E-state index contributed by atoms with van der Waals surface area (Å²) in [5.74, 6) is -0.264. The second kappa shape index (κ2) is 10.8. The molecule has 1 N–H and O–H groups in total. The standard InChI is InChI=1S/C32H24N4O2S/c37-30(33-24-12-4-1-5-13-24)22-35-21-23(27-18-10-11-19-28(27)35)20-29-31(38)36(26-16-8-3-9-17-26)32(39-29)34-25-14-6-2-7-15-25/h1-21H,22H2,(H,33,37)/b29-20+,34-32?. The van der Waals surface area contributed by atoms with Crippen molar-refractivity contribution in [2.45, 2.75) is 6.54 Å². The van der Waals surface area contributed by atoms with Crippen LogP contribution in [-0.2, 0) is 16.1 Å². The Bertz CT molecular complexity index is 1710. The zero-order chi connectivity index (χ0) is 26.6. The molecule has 2 heterocycles. The minimum Gasteiger partial charge on any atom is -0.337 e. The normalized spacial score (nSPS) is 15.4. The molecule has 190 valence electrons. The molecule has 1 aliphatic heterocycles. The van der Waals surface area contributed by atoms with Gasteiger partial charge >= 0.3 is 0 Å². The van der Waals surface area contributed by atoms with Gasteiger partial charge in [0.1, 0.15) is 6.54 Å². The molecule has 39 heavy (non-hydrogen) atoms. The Morgan fingerprint density at radius 3 is 2.21 bits per heavy atom. The lowest BCUT2D eigenvalue weighted by Crippen LogP contribution is -2.28. The Hall–Kier alpha value is -4.88. The predicted octanol–water partition coefficient (Wildman–Crippen LogP) is 7.09. The smallest absolute Gasteiger partial charge is 0.271 e. The van der Waals surface area contributed by atoms with Gasteiger partial charge in [0.25, 0.3) is 5.91 Å². The summed E-state index contributed by atoms with van der Waals surface area (Å²) in [4.78, 5) is 33.5. The summed E-state index contributed by atoms with van der Waals surface area (Å²) in [7, 11) is 0. The summed E-state index contributed by atoms with van der Waals surface area (Å²) in [6.45, 7) is 0.149. The number of aromatic nitrogens is 1. The Kier molecular flexibility index (Phi) is 6.80. The van der Waals surface area contributed by atoms with E-state index < -0.39 is 0 Å². The third-order valence-corrected chi connectivity index (χ3v) is 7.25. The van der Waals surface area contributed by atoms with Crippen LogP contribution in [0.3, 0.4) is 0 Å². The largest absolute Gasteiger partial charge is 0.337 e. The summed E-state index contributed by atoms with van der Waals surface area (Å²) < 4.78 is 1.91. The van der Waals surface area contributed by atoms with Crippen molar-refractivity contribution in [2.75, 3.05) is 10.2 Å². The van der Waals surface area contributed by atoms with Crippen molar-refractivity contribution < 1.29 is 9.59 Å². The molecular weight excluding hydrogens is 504 g/mol. The molecule has 6 rings (SSSR count). The maximum absolute atomic E-state index is 13.7. The fourth-order valence-corrected chi connectivity index (χ4v) is 5.50. The number of hydrogen-bond acceptors (Lipinski definition) is 4. The van der Waals surface area contributed by atoms with Crippen molar-refractivity contribution in [3.63, 3.8) is 0 Å². The number of nitrogens with zero attached hydrogens (tertiary/aromatic N) is 3. The molecule has 6 nitrogen and oxygen atoms in total. The number of amides is 2. The van der Waals surface area contributed by atoms with E-state index in [0.717, 1.165) is 33.5 Å². The Morgan fingerprint density at radius 1 is 0.821 bits per heavy atom. The molecule has 1 aromatic heterocycles. The van der Waals surface area contributed by atoms with E-state index in [0.29, 0.717) is 10.1 Å². The van der Waals surface area contributed by atoms with Crippen LogP contribution in [0.4, 0.5) is 17.1 Å². The van der Waals surface area contributed by atoms with Gasteiger partial charge in [0.15, 0.2) is 5.17 Å². The monoisotopic (exact) mass is 528 g/mol. The van der Waals surface area contributed by atoms with Crippen LogP contribution in [0.5, 0.6) is 0 Å². The van der Waals surface area contributed by atoms with Gasteiger partial charge in [-0.3, -0.25) is 14.5 Å². The molecule has 0 spiro atoms. The average molecular weight is 529 g/mol. The number of aliphatic imine (C=N–C) groups is 1. The zero-order valence-corrected chi connectivity index (χ0v) is 21.7. The quantitative estimate of drug-likeness (QED) is 0.239. The van der Waals surface area contributed by atoms with Gasteiger partial charge in [-0.25, -0.2) is 4.99 Å². The molecule has 0 bridgehead atoms. The Balaban J connectivity index is 1.35. The van der Waals surface area contributed by atoms with Gasteiger partial charge in [0.05, 0.1) is 16.3 Å². The van der Waals surface area contributed by atoms with E-state index in [9.17, 15) is 9.59 Å². The van der Waals surface area contributed by atoms with Gasteiger partial charge in [-0.15, -0.1) is 0 Å². The van der Waals surface area contributed by atoms with Crippen LogP contribution in [-0.4, -0.2) is 21.5 Å². The second-order valence-electron chi connectivity index (χ2n) is 8.96. The van der Waals surface area contributed by atoms with E-state index in [2.05, 4.69) is 5.32 Å². The zero-order valence-electron chi connectivity index (χ0n) is 20.9. The summed E-state index contributed by atoms with van der Waals surface area (Å²) in [6, 6.07) is 36.4. The number of para-hydroxylation sites is 4. The minimum absolute atomic E-state index is 0.125. The fraction of sp³-hybridized carbons (Fsp3) is 0.0312. The van der Waals surface area contributed by atoms with Crippen LogP contribution in [0.25, 0.3) is 17.0 Å². The molecule has 0 atom stereocenters. The number of nitrogens with one attached hydrogen (secondary N) is 1. The topological polar surface area (TPSA) is 66.7 Å². The van der Waals surface area contributed by atoms with Crippen LogP contribution in [0.2, 0.25) is 0 Å². The first-order valence-corrected chi connectivity index (χ1v) is 13.3. The molecule has 1 aliphatic rings. The lowest BCUT2D eigenvalue weighted by Gasteiger charge is -2.15. The number of amidine groups is 1. The highest BCUT2D eigenvalue weighted by molar-refractivity contribution is 8.19. The lowest BCUT2D eigenvalue weighted by atomic mass is 10.1. The minimum atomic E-state index is -0.139. The number of fused-ring (bicyclic) bond motifs is 1. The van der Waals surface area contributed by atoms with Gasteiger partial charge in [-0.05, 0) is 60.3 Å². The number of benzene rings is 4. The summed E-state index contributed by atoms with van der Waals surface area (Å²) >= 11 is 1.34. The van der Waals surface area contributed by atoms with Gasteiger partial charge in [-0.2, -0.15) is 0 Å². The van der Waals surface area contributed by atoms with E-state index in [1.807, 2.05) is 132 Å². The van der Waals surface area contributed by atoms with Crippen molar-refractivity contribution in [3.05, 3.63) is 132 Å². The fourth-order valence-electron chi connectivity index (χ4n) is 4.51. The first-order chi connectivity index (χ1) is 19.2. The summed E-state index contributed by atoms with van der Waals surface area (Å²) in [6.07, 6.45) is 3.82. The molecular formula is C32H24N4O2S. The van der Waals surface area contributed by atoms with E-state index in [1.54, 1.807) is 4.90 Å². The van der Waals surface area contributed by atoms with Crippen LogP contribution >= 0.6 is 11.8 Å². The predicted molar refractivity (Wildman–Crippen MR) is 160 cm³/mol. The molecule has 1 saturated heterocycles. The van der Waals surface area contributed by atoms with E-state index in [1.165, 1.54) is 11.8 Å². The highest BCUT2D eigenvalue weighted by Gasteiger charge is 2.35. The number of carbonyl (C=O) groups is 2. The molecule has 0 radical (unpaired) electrons. The van der Waals surface area contributed by atoms with Gasteiger partial charge in [-0.1, -0.05) is 72.8 Å². The maximum atomic E-state index is 13.7. The molecule has 2 amide bonds. The average Bonchev–Trinajstić information content (AvgIpc) is 3.46. The van der Waals surface area contributed by atoms with Crippen molar-refractivity contribution >= 4 is 62.8 Å². The van der Waals surface area contributed by atoms with Gasteiger partial charge < -0.3 is 9.88 Å². The lowest BCUT2D eigenvalue weighted by molar-refractivity contribution is -0.116. The summed E-state index contributed by atoms with van der Waals surface area (Å²) in [5.41, 5.74) is 4.06. The summed E-state index contributed by atoms with van der Waals surface area (Å²) in [5, 5.41) is 4.50. The third kappa shape index (κ3) is 5.26. The SMILES string of the molecule is O=C(Cn1cc(/C=C2/SC(=Nc3ccccc3)N(c3ccccc3)C2=O)c2ccccc21)Nc1ccccc1. The van der Waals surface area contributed by atoms with Gasteiger partial charge in [0, 0.05) is 28.4 Å². The van der Waals surface area contributed by atoms with E-state index in [4.69, 9.17) is 4.99 Å². The number of carbonyl (C=O) groups excluding carboxylic acids is 2. The van der Waals surface area contributed by atoms with Crippen LogP contribution in [0.15, 0.2) is 131 Å². The molecule has 0 aliphatic carbocycles.